The molecule has 0 fully saturated rings. The molecule has 1 aliphatic rings. The highest BCUT2D eigenvalue weighted by atomic mass is 35.5. The molecule has 2 N–H and O–H groups in total. The van der Waals surface area contributed by atoms with Crippen molar-refractivity contribution in [3.8, 4) is 0 Å². The average molecular weight is 307 g/mol. The van der Waals surface area contributed by atoms with Crippen molar-refractivity contribution in [1.29, 1.82) is 0 Å². The minimum Gasteiger partial charge on any atom is -0.478 e. The second kappa shape index (κ2) is 6.76. The molecule has 0 bridgehead atoms. The van der Waals surface area contributed by atoms with Gasteiger partial charge in [-0.15, -0.1) is 0 Å². The molecule has 0 radical (unpaired) electrons. The zero-order valence-electron chi connectivity index (χ0n) is 12.2. The van der Waals surface area contributed by atoms with Crippen molar-refractivity contribution in [2.24, 2.45) is 4.99 Å². The molecule has 0 saturated heterocycles. The molecule has 0 saturated carbocycles. The number of aliphatic imine (C=N–C) groups is 1. The van der Waals surface area contributed by atoms with Gasteiger partial charge in [-0.1, -0.05) is 24.9 Å². The number of hydrogen-bond donors (Lipinski definition) is 2. The SMILES string of the molecule is CCCCc1cc(Cl)ccc1C1=NC=C(C(=O)O)C(C)N1. The lowest BCUT2D eigenvalue weighted by atomic mass is 9.99. The predicted molar refractivity (Wildman–Crippen MR) is 84.9 cm³/mol. The van der Waals surface area contributed by atoms with Gasteiger partial charge in [-0.2, -0.15) is 0 Å². The number of aliphatic carboxylic acids is 1. The van der Waals surface area contributed by atoms with Gasteiger partial charge in [0.2, 0.25) is 0 Å². The molecule has 112 valence electrons. The number of unbranched alkanes of at least 4 members (excludes halogenated alkanes) is 1. The van der Waals surface area contributed by atoms with Gasteiger partial charge >= 0.3 is 5.97 Å². The van der Waals surface area contributed by atoms with Crippen LogP contribution in [0.2, 0.25) is 5.02 Å². The second-order valence-corrected chi connectivity index (χ2v) is 5.57. The van der Waals surface area contributed by atoms with Crippen LogP contribution in [0.25, 0.3) is 0 Å². The van der Waals surface area contributed by atoms with E-state index in [1.165, 1.54) is 6.20 Å². The van der Waals surface area contributed by atoms with Gasteiger partial charge in [0.25, 0.3) is 0 Å². The van der Waals surface area contributed by atoms with Crippen molar-refractivity contribution < 1.29 is 9.90 Å². The van der Waals surface area contributed by atoms with Crippen LogP contribution < -0.4 is 5.32 Å². The third-order valence-corrected chi connectivity index (χ3v) is 3.76. The summed E-state index contributed by atoms with van der Waals surface area (Å²) in [7, 11) is 0. The first-order valence-electron chi connectivity index (χ1n) is 7.09. The Morgan fingerprint density at radius 3 is 2.86 bits per heavy atom. The molecule has 2 rings (SSSR count). The minimum atomic E-state index is -0.944. The highest BCUT2D eigenvalue weighted by molar-refractivity contribution is 6.30. The Hall–Kier alpha value is -1.81. The topological polar surface area (TPSA) is 61.7 Å². The van der Waals surface area contributed by atoms with Gasteiger partial charge in [-0.3, -0.25) is 0 Å². The van der Waals surface area contributed by atoms with Crippen molar-refractivity contribution in [2.75, 3.05) is 0 Å². The van der Waals surface area contributed by atoms with Crippen molar-refractivity contribution in [3.05, 3.63) is 46.1 Å². The van der Waals surface area contributed by atoms with E-state index in [4.69, 9.17) is 16.7 Å². The molecule has 5 heteroatoms. The average Bonchev–Trinajstić information content (AvgIpc) is 2.44. The first-order chi connectivity index (χ1) is 10.0. The van der Waals surface area contributed by atoms with E-state index < -0.39 is 5.97 Å². The van der Waals surface area contributed by atoms with E-state index in [0.717, 1.165) is 30.4 Å². The quantitative estimate of drug-likeness (QED) is 0.876. The highest BCUT2D eigenvalue weighted by Crippen LogP contribution is 2.21. The molecule has 1 heterocycles. The molecule has 0 aliphatic carbocycles. The molecule has 4 nitrogen and oxygen atoms in total. The number of carbonyl (C=O) groups is 1. The minimum absolute atomic E-state index is 0.267. The monoisotopic (exact) mass is 306 g/mol. The van der Waals surface area contributed by atoms with Gasteiger partial charge in [0, 0.05) is 16.8 Å². The molecule has 1 unspecified atom stereocenters. The van der Waals surface area contributed by atoms with Crippen molar-refractivity contribution in [3.63, 3.8) is 0 Å². The number of carboxylic acid groups (broad SMARTS) is 1. The molecule has 1 atom stereocenters. The van der Waals surface area contributed by atoms with Crippen LogP contribution in [0.15, 0.2) is 35.0 Å². The number of nitrogens with zero attached hydrogens (tertiary/aromatic N) is 1. The molecule has 0 aromatic heterocycles. The maximum atomic E-state index is 11.1. The lowest BCUT2D eigenvalue weighted by Gasteiger charge is -2.22. The summed E-state index contributed by atoms with van der Waals surface area (Å²) < 4.78 is 0. The predicted octanol–water partition coefficient (Wildman–Crippen LogP) is 3.39. The summed E-state index contributed by atoms with van der Waals surface area (Å²) in [6.45, 7) is 3.96. The normalized spacial score (nSPS) is 17.8. The maximum Gasteiger partial charge on any atom is 0.335 e. The molecule has 1 aromatic carbocycles. The van der Waals surface area contributed by atoms with E-state index in [1.54, 1.807) is 0 Å². The van der Waals surface area contributed by atoms with Crippen molar-refractivity contribution in [1.82, 2.24) is 5.32 Å². The fourth-order valence-electron chi connectivity index (χ4n) is 2.32. The number of halogens is 1. The smallest absolute Gasteiger partial charge is 0.335 e. The molecule has 1 aromatic rings. The Kier molecular flexibility index (Phi) is 5.02. The van der Waals surface area contributed by atoms with Gasteiger partial charge in [0.05, 0.1) is 11.6 Å². The fraction of sp³-hybridized carbons (Fsp3) is 0.375. The molecule has 0 spiro atoms. The summed E-state index contributed by atoms with van der Waals surface area (Å²) in [4.78, 5) is 15.3. The van der Waals surface area contributed by atoms with E-state index >= 15 is 0 Å². The number of aryl methyl sites for hydroxylation is 1. The number of benzene rings is 1. The fourth-order valence-corrected chi connectivity index (χ4v) is 2.52. The van der Waals surface area contributed by atoms with Crippen LogP contribution in [0.5, 0.6) is 0 Å². The molecule has 1 aliphatic heterocycles. The van der Waals surface area contributed by atoms with Gasteiger partial charge in [-0.25, -0.2) is 9.79 Å². The van der Waals surface area contributed by atoms with Crippen LogP contribution in [-0.2, 0) is 11.2 Å². The van der Waals surface area contributed by atoms with Crippen molar-refractivity contribution in [2.45, 2.75) is 39.2 Å². The van der Waals surface area contributed by atoms with Gasteiger partial charge in [0.15, 0.2) is 0 Å². The van der Waals surface area contributed by atoms with E-state index in [2.05, 4.69) is 17.2 Å². The number of rotatable bonds is 5. The Morgan fingerprint density at radius 1 is 1.48 bits per heavy atom. The third-order valence-electron chi connectivity index (χ3n) is 3.52. The summed E-state index contributed by atoms with van der Waals surface area (Å²) >= 11 is 6.08. The lowest BCUT2D eigenvalue weighted by molar-refractivity contribution is -0.133. The zero-order chi connectivity index (χ0) is 15.4. The summed E-state index contributed by atoms with van der Waals surface area (Å²) in [5, 5.41) is 12.9. The van der Waals surface area contributed by atoms with Crippen LogP contribution in [0.4, 0.5) is 0 Å². The van der Waals surface area contributed by atoms with E-state index in [9.17, 15) is 4.79 Å². The molecule has 0 amide bonds. The first-order valence-corrected chi connectivity index (χ1v) is 7.47. The number of hydrogen-bond acceptors (Lipinski definition) is 3. The Balaban J connectivity index is 2.36. The summed E-state index contributed by atoms with van der Waals surface area (Å²) in [6.07, 6.45) is 4.53. The lowest BCUT2D eigenvalue weighted by Crippen LogP contribution is -2.39. The summed E-state index contributed by atoms with van der Waals surface area (Å²) in [5.74, 6) is -0.240. The van der Waals surface area contributed by atoms with Crippen LogP contribution in [0.3, 0.4) is 0 Å². The first kappa shape index (κ1) is 15.6. The van der Waals surface area contributed by atoms with E-state index in [0.29, 0.717) is 10.9 Å². The molecular formula is C16H19ClN2O2. The zero-order valence-corrected chi connectivity index (χ0v) is 12.9. The van der Waals surface area contributed by atoms with E-state index in [-0.39, 0.29) is 11.6 Å². The molecular weight excluding hydrogens is 288 g/mol. The van der Waals surface area contributed by atoms with Gasteiger partial charge in [-0.05, 0) is 43.5 Å². The second-order valence-electron chi connectivity index (χ2n) is 5.14. The maximum absolute atomic E-state index is 11.1. The summed E-state index contributed by atoms with van der Waals surface area (Å²) in [5.41, 5.74) is 2.39. The van der Waals surface area contributed by atoms with Crippen LogP contribution in [-0.4, -0.2) is 23.0 Å². The Labute approximate surface area is 129 Å². The number of amidine groups is 1. The van der Waals surface area contributed by atoms with Gasteiger partial charge in [0.1, 0.15) is 5.84 Å². The van der Waals surface area contributed by atoms with Crippen LogP contribution >= 0.6 is 11.6 Å². The molecule has 21 heavy (non-hydrogen) atoms. The summed E-state index contributed by atoms with van der Waals surface area (Å²) in [6, 6.07) is 5.45. The van der Waals surface area contributed by atoms with E-state index in [1.807, 2.05) is 25.1 Å². The Morgan fingerprint density at radius 2 is 2.24 bits per heavy atom. The van der Waals surface area contributed by atoms with Gasteiger partial charge < -0.3 is 10.4 Å². The number of carboxylic acids is 1. The van der Waals surface area contributed by atoms with Crippen LogP contribution in [0, 0.1) is 0 Å². The Bertz CT molecular complexity index is 608. The highest BCUT2D eigenvalue weighted by Gasteiger charge is 2.22. The number of nitrogens with one attached hydrogen (secondary N) is 1. The largest absolute Gasteiger partial charge is 0.478 e. The van der Waals surface area contributed by atoms with Crippen LogP contribution in [0.1, 0.15) is 37.8 Å². The third kappa shape index (κ3) is 3.64. The standard InChI is InChI=1S/C16H19ClN2O2/c1-3-4-5-11-8-12(17)6-7-13(11)15-18-9-14(16(20)21)10(2)19-15/h6-10H,3-5H2,1-2H3,(H,18,19)(H,20,21). The van der Waals surface area contributed by atoms with Crippen molar-refractivity contribution >= 4 is 23.4 Å².